The van der Waals surface area contributed by atoms with Gasteiger partial charge in [-0.2, -0.15) is 0 Å². The number of carbonyl (C=O) groups is 1. The fraction of sp³-hybridized carbons (Fsp3) is 0.296. The van der Waals surface area contributed by atoms with Crippen LogP contribution in [0.2, 0.25) is 0 Å². The minimum Gasteiger partial charge on any atom is -0.338 e. The second-order valence-corrected chi connectivity index (χ2v) is 8.68. The summed E-state index contributed by atoms with van der Waals surface area (Å²) in [4.78, 5) is 16.8. The Kier molecular flexibility index (Phi) is 6.01. The molecule has 0 aromatic heterocycles. The second kappa shape index (κ2) is 8.85. The van der Waals surface area contributed by atoms with Gasteiger partial charge < -0.3 is 9.80 Å². The molecule has 1 amide bonds. The Morgan fingerprint density at radius 3 is 2.33 bits per heavy atom. The lowest BCUT2D eigenvalue weighted by Gasteiger charge is -2.18. The number of likely N-dealkylation sites (tertiary alicyclic amines) is 1. The van der Waals surface area contributed by atoms with E-state index >= 15 is 0 Å². The van der Waals surface area contributed by atoms with Crippen LogP contribution < -0.4 is 0 Å². The predicted octanol–water partition coefficient (Wildman–Crippen LogP) is 5.24. The lowest BCUT2D eigenvalue weighted by Crippen LogP contribution is -2.24. The Morgan fingerprint density at radius 1 is 0.933 bits per heavy atom. The van der Waals surface area contributed by atoms with Gasteiger partial charge in [-0.05, 0) is 48.8 Å². The average molecular weight is 399 g/mol. The number of nitrogens with zero attached hydrogens (tertiary/aromatic N) is 2. The molecule has 1 unspecified atom stereocenters. The van der Waals surface area contributed by atoms with Gasteiger partial charge in [-0.25, -0.2) is 0 Å². The predicted molar refractivity (Wildman–Crippen MR) is 123 cm³/mol. The van der Waals surface area contributed by atoms with E-state index < -0.39 is 0 Å². The smallest absolute Gasteiger partial charge is 0.223 e. The van der Waals surface area contributed by atoms with E-state index in [1.165, 1.54) is 33.4 Å². The molecule has 3 aromatic rings. The first-order valence-corrected chi connectivity index (χ1v) is 10.7. The molecule has 0 N–H and O–H groups in total. The van der Waals surface area contributed by atoms with E-state index in [1.807, 2.05) is 4.90 Å². The molecule has 3 heteroatoms. The largest absolute Gasteiger partial charge is 0.338 e. The maximum absolute atomic E-state index is 12.6. The number of benzene rings is 3. The molecule has 4 rings (SSSR count). The molecule has 0 aliphatic carbocycles. The van der Waals surface area contributed by atoms with E-state index in [2.05, 4.69) is 98.7 Å². The Bertz CT molecular complexity index is 1010. The van der Waals surface area contributed by atoms with Gasteiger partial charge in [0.25, 0.3) is 0 Å². The zero-order valence-electron chi connectivity index (χ0n) is 18.1. The van der Waals surface area contributed by atoms with Crippen LogP contribution in [0, 0.1) is 6.92 Å². The van der Waals surface area contributed by atoms with Crippen LogP contribution in [0.4, 0.5) is 0 Å². The summed E-state index contributed by atoms with van der Waals surface area (Å²) in [7, 11) is 4.19. The zero-order chi connectivity index (χ0) is 21.1. The Hall–Kier alpha value is -2.91. The molecule has 1 aliphatic heterocycles. The van der Waals surface area contributed by atoms with Crippen molar-refractivity contribution in [3.63, 3.8) is 0 Å². The van der Waals surface area contributed by atoms with Crippen molar-refractivity contribution >= 4 is 5.91 Å². The van der Waals surface area contributed by atoms with Crippen LogP contribution in [0.3, 0.4) is 0 Å². The average Bonchev–Trinajstić information content (AvgIpc) is 3.09. The van der Waals surface area contributed by atoms with E-state index in [-0.39, 0.29) is 5.91 Å². The minimum absolute atomic E-state index is 0.251. The van der Waals surface area contributed by atoms with Crippen molar-refractivity contribution in [1.82, 2.24) is 9.80 Å². The molecule has 0 saturated carbocycles. The zero-order valence-corrected chi connectivity index (χ0v) is 18.1. The van der Waals surface area contributed by atoms with E-state index in [1.54, 1.807) is 0 Å². The van der Waals surface area contributed by atoms with Gasteiger partial charge in [-0.15, -0.1) is 0 Å². The van der Waals surface area contributed by atoms with Gasteiger partial charge in [-0.3, -0.25) is 4.79 Å². The first kappa shape index (κ1) is 20.4. The summed E-state index contributed by atoms with van der Waals surface area (Å²) in [5.41, 5.74) is 7.53. The number of aryl methyl sites for hydroxylation is 1. The van der Waals surface area contributed by atoms with E-state index in [0.717, 1.165) is 13.1 Å². The topological polar surface area (TPSA) is 23.6 Å². The van der Waals surface area contributed by atoms with Gasteiger partial charge in [-0.1, -0.05) is 78.4 Å². The monoisotopic (exact) mass is 398 g/mol. The molecule has 1 atom stereocenters. The summed E-state index contributed by atoms with van der Waals surface area (Å²) in [5.74, 6) is 0.552. The Balaban J connectivity index is 1.45. The summed E-state index contributed by atoms with van der Waals surface area (Å²) in [6.45, 7) is 4.50. The van der Waals surface area contributed by atoms with Crippen LogP contribution in [-0.2, 0) is 17.9 Å². The lowest BCUT2D eigenvalue weighted by atomic mass is 9.97. The number of rotatable bonds is 6. The van der Waals surface area contributed by atoms with Crippen LogP contribution in [-0.4, -0.2) is 36.3 Å². The summed E-state index contributed by atoms with van der Waals surface area (Å²) in [6.07, 6.45) is 0.610. The van der Waals surface area contributed by atoms with Crippen LogP contribution in [0.25, 0.3) is 11.1 Å². The normalized spacial score (nSPS) is 16.5. The van der Waals surface area contributed by atoms with Gasteiger partial charge in [0.15, 0.2) is 0 Å². The van der Waals surface area contributed by atoms with E-state index in [4.69, 9.17) is 0 Å². The number of hydrogen-bond donors (Lipinski definition) is 0. The molecular formula is C27H30N2O. The van der Waals surface area contributed by atoms with Crippen LogP contribution >= 0.6 is 0 Å². The summed E-state index contributed by atoms with van der Waals surface area (Å²) in [6, 6.07) is 25.8. The molecular weight excluding hydrogens is 368 g/mol. The van der Waals surface area contributed by atoms with Crippen molar-refractivity contribution in [3.8, 4) is 11.1 Å². The first-order valence-electron chi connectivity index (χ1n) is 10.7. The molecule has 0 radical (unpaired) electrons. The number of amides is 1. The fourth-order valence-corrected chi connectivity index (χ4v) is 4.28. The second-order valence-electron chi connectivity index (χ2n) is 8.68. The van der Waals surface area contributed by atoms with Crippen molar-refractivity contribution in [3.05, 3.63) is 95.1 Å². The number of carbonyl (C=O) groups excluding carboxylic acids is 1. The van der Waals surface area contributed by atoms with Crippen molar-refractivity contribution in [2.45, 2.75) is 32.4 Å². The van der Waals surface area contributed by atoms with Crippen molar-refractivity contribution < 1.29 is 4.79 Å². The molecule has 1 saturated heterocycles. The molecule has 30 heavy (non-hydrogen) atoms. The fourth-order valence-electron chi connectivity index (χ4n) is 4.28. The third-order valence-corrected chi connectivity index (χ3v) is 5.91. The Labute approximate surface area is 180 Å². The molecule has 3 aromatic carbocycles. The van der Waals surface area contributed by atoms with E-state index in [0.29, 0.717) is 18.9 Å². The van der Waals surface area contributed by atoms with Crippen LogP contribution in [0.1, 0.15) is 34.6 Å². The van der Waals surface area contributed by atoms with Crippen molar-refractivity contribution in [2.75, 3.05) is 20.6 Å². The van der Waals surface area contributed by atoms with Gasteiger partial charge in [0, 0.05) is 32.0 Å². The van der Waals surface area contributed by atoms with Gasteiger partial charge in [0.1, 0.15) is 0 Å². The lowest BCUT2D eigenvalue weighted by molar-refractivity contribution is -0.128. The SMILES string of the molecule is Cc1ccc(C2CC(=O)N(Cc3ccc(-c4ccccc4CN(C)C)cc3)C2)cc1. The van der Waals surface area contributed by atoms with Crippen LogP contribution in [0.15, 0.2) is 72.8 Å². The minimum atomic E-state index is 0.251. The number of hydrogen-bond acceptors (Lipinski definition) is 2. The van der Waals surface area contributed by atoms with Crippen LogP contribution in [0.5, 0.6) is 0 Å². The summed E-state index contributed by atoms with van der Waals surface area (Å²) >= 11 is 0. The Morgan fingerprint density at radius 2 is 1.63 bits per heavy atom. The highest BCUT2D eigenvalue weighted by Gasteiger charge is 2.30. The quantitative estimate of drug-likeness (QED) is 0.567. The molecule has 154 valence electrons. The maximum atomic E-state index is 12.6. The molecule has 1 aliphatic rings. The van der Waals surface area contributed by atoms with Crippen molar-refractivity contribution in [2.24, 2.45) is 0 Å². The molecule has 0 spiro atoms. The highest BCUT2D eigenvalue weighted by molar-refractivity contribution is 5.79. The highest BCUT2D eigenvalue weighted by Crippen LogP contribution is 2.30. The first-order chi connectivity index (χ1) is 14.5. The summed E-state index contributed by atoms with van der Waals surface area (Å²) < 4.78 is 0. The highest BCUT2D eigenvalue weighted by atomic mass is 16.2. The van der Waals surface area contributed by atoms with Gasteiger partial charge >= 0.3 is 0 Å². The summed E-state index contributed by atoms with van der Waals surface area (Å²) in [5, 5.41) is 0. The third kappa shape index (κ3) is 4.63. The maximum Gasteiger partial charge on any atom is 0.223 e. The molecule has 3 nitrogen and oxygen atoms in total. The standard InChI is InChI=1S/C27H30N2O/c1-20-8-12-22(13-9-20)25-16-27(30)29(19-25)17-21-10-14-23(15-11-21)26-7-5-4-6-24(26)18-28(2)3/h4-15,25H,16-19H2,1-3H3. The molecule has 1 fully saturated rings. The third-order valence-electron chi connectivity index (χ3n) is 5.91. The molecule has 1 heterocycles. The molecule has 0 bridgehead atoms. The van der Waals surface area contributed by atoms with Gasteiger partial charge in [0.2, 0.25) is 5.91 Å². The van der Waals surface area contributed by atoms with Gasteiger partial charge in [0.05, 0.1) is 0 Å². The van der Waals surface area contributed by atoms with Crippen molar-refractivity contribution in [1.29, 1.82) is 0 Å². The van der Waals surface area contributed by atoms with E-state index in [9.17, 15) is 4.79 Å².